The molecule has 0 radical (unpaired) electrons. The quantitative estimate of drug-likeness (QED) is 0.719. The second-order valence-electron chi connectivity index (χ2n) is 5.13. The van der Waals surface area contributed by atoms with Gasteiger partial charge in [-0.25, -0.2) is 4.39 Å². The van der Waals surface area contributed by atoms with E-state index in [1.165, 1.54) is 30.2 Å². The van der Waals surface area contributed by atoms with Crippen molar-refractivity contribution in [2.45, 2.75) is 26.7 Å². The van der Waals surface area contributed by atoms with Gasteiger partial charge in [-0.1, -0.05) is 37.9 Å². The van der Waals surface area contributed by atoms with Gasteiger partial charge in [0.15, 0.2) is 0 Å². The van der Waals surface area contributed by atoms with Gasteiger partial charge in [-0.15, -0.1) is 0 Å². The molecule has 22 heavy (non-hydrogen) atoms. The van der Waals surface area contributed by atoms with Crippen molar-refractivity contribution in [2.75, 3.05) is 20.2 Å². The second-order valence-corrected chi connectivity index (χ2v) is 5.53. The molecule has 6 heteroatoms. The summed E-state index contributed by atoms with van der Waals surface area (Å²) in [6.45, 7) is 4.25. The molecular formula is C16H21ClFNO3. The lowest BCUT2D eigenvalue weighted by Gasteiger charge is -2.25. The highest BCUT2D eigenvalue weighted by Gasteiger charge is 2.25. The maximum Gasteiger partial charge on any atom is 0.310 e. The molecule has 1 aromatic carbocycles. The molecule has 0 spiro atoms. The molecular weight excluding hydrogens is 309 g/mol. The Kier molecular flexibility index (Phi) is 7.32. The van der Waals surface area contributed by atoms with Gasteiger partial charge < -0.3 is 9.64 Å². The SMILES string of the molecule is CCCCN(CC(C)C(=O)OC)C(=O)c1c(F)cccc1Cl. The maximum absolute atomic E-state index is 13.9. The van der Waals surface area contributed by atoms with Crippen LogP contribution in [0.2, 0.25) is 5.02 Å². The first-order chi connectivity index (χ1) is 10.4. The van der Waals surface area contributed by atoms with Crippen molar-refractivity contribution >= 4 is 23.5 Å². The largest absolute Gasteiger partial charge is 0.469 e. The number of carbonyl (C=O) groups is 2. The first-order valence-corrected chi connectivity index (χ1v) is 7.61. The van der Waals surface area contributed by atoms with Crippen LogP contribution in [0.15, 0.2) is 18.2 Å². The normalized spacial score (nSPS) is 11.9. The molecule has 1 amide bonds. The summed E-state index contributed by atoms with van der Waals surface area (Å²) in [4.78, 5) is 25.6. The van der Waals surface area contributed by atoms with E-state index < -0.39 is 23.6 Å². The highest BCUT2D eigenvalue weighted by molar-refractivity contribution is 6.33. The molecule has 0 aliphatic carbocycles. The predicted octanol–water partition coefficient (Wildman–Crippen LogP) is 3.53. The summed E-state index contributed by atoms with van der Waals surface area (Å²) in [6, 6.07) is 4.11. The number of methoxy groups -OCH3 is 1. The number of halogens is 2. The van der Waals surface area contributed by atoms with Gasteiger partial charge in [0.2, 0.25) is 0 Å². The second kappa shape index (κ2) is 8.73. The first-order valence-electron chi connectivity index (χ1n) is 7.23. The van der Waals surface area contributed by atoms with Crippen LogP contribution in [-0.2, 0) is 9.53 Å². The molecule has 4 nitrogen and oxygen atoms in total. The lowest BCUT2D eigenvalue weighted by atomic mass is 10.1. The minimum absolute atomic E-state index is 0.0669. The minimum atomic E-state index is -0.662. The Morgan fingerprint density at radius 2 is 2.09 bits per heavy atom. The van der Waals surface area contributed by atoms with Crippen molar-refractivity contribution in [1.82, 2.24) is 4.90 Å². The molecule has 0 saturated carbocycles. The number of carbonyl (C=O) groups excluding carboxylic acids is 2. The van der Waals surface area contributed by atoms with E-state index in [1.54, 1.807) is 6.92 Å². The topological polar surface area (TPSA) is 46.6 Å². The van der Waals surface area contributed by atoms with Crippen LogP contribution in [0.3, 0.4) is 0 Å². The van der Waals surface area contributed by atoms with Gasteiger partial charge in [0, 0.05) is 13.1 Å². The van der Waals surface area contributed by atoms with Gasteiger partial charge in [0.25, 0.3) is 5.91 Å². The van der Waals surface area contributed by atoms with E-state index >= 15 is 0 Å². The van der Waals surface area contributed by atoms with Gasteiger partial charge in [0.1, 0.15) is 5.82 Å². The monoisotopic (exact) mass is 329 g/mol. The van der Waals surface area contributed by atoms with E-state index in [4.69, 9.17) is 11.6 Å². The fraction of sp³-hybridized carbons (Fsp3) is 0.500. The van der Waals surface area contributed by atoms with E-state index in [0.29, 0.717) is 6.54 Å². The van der Waals surface area contributed by atoms with E-state index in [0.717, 1.165) is 12.8 Å². The standard InChI is InChI=1S/C16H21ClFNO3/c1-4-5-9-19(10-11(2)16(21)22-3)15(20)14-12(17)7-6-8-13(14)18/h6-8,11H,4-5,9-10H2,1-3H3. The number of rotatable bonds is 7. The van der Waals surface area contributed by atoms with Crippen LogP contribution in [0.1, 0.15) is 37.0 Å². The molecule has 1 atom stereocenters. The van der Waals surface area contributed by atoms with E-state index in [9.17, 15) is 14.0 Å². The van der Waals surface area contributed by atoms with Crippen molar-refractivity contribution in [3.8, 4) is 0 Å². The Morgan fingerprint density at radius 1 is 1.41 bits per heavy atom. The average molecular weight is 330 g/mol. The fourth-order valence-corrected chi connectivity index (χ4v) is 2.34. The third-order valence-electron chi connectivity index (χ3n) is 3.34. The Bertz CT molecular complexity index is 516. The number of nitrogens with zero attached hydrogens (tertiary/aromatic N) is 1. The van der Waals surface area contributed by atoms with Crippen LogP contribution in [-0.4, -0.2) is 37.0 Å². The summed E-state index contributed by atoms with van der Waals surface area (Å²) in [7, 11) is 1.30. The third kappa shape index (κ3) is 4.70. The minimum Gasteiger partial charge on any atom is -0.469 e. The molecule has 0 bridgehead atoms. The van der Waals surface area contributed by atoms with Crippen LogP contribution in [0.5, 0.6) is 0 Å². The maximum atomic E-state index is 13.9. The average Bonchev–Trinajstić information content (AvgIpc) is 2.49. The molecule has 0 aromatic heterocycles. The number of hydrogen-bond acceptors (Lipinski definition) is 3. The molecule has 1 rings (SSSR count). The highest BCUT2D eigenvalue weighted by Crippen LogP contribution is 2.21. The number of benzene rings is 1. The zero-order valence-corrected chi connectivity index (χ0v) is 13.8. The van der Waals surface area contributed by atoms with Crippen molar-refractivity contribution < 1.29 is 18.7 Å². The summed E-state index contributed by atoms with van der Waals surface area (Å²) in [5.41, 5.74) is -0.155. The van der Waals surface area contributed by atoms with E-state index in [1.807, 2.05) is 6.92 Å². The van der Waals surface area contributed by atoms with Gasteiger partial charge in [-0.05, 0) is 18.6 Å². The van der Waals surface area contributed by atoms with Crippen LogP contribution in [0.25, 0.3) is 0 Å². The summed E-state index contributed by atoms with van der Waals surface area (Å²) >= 11 is 5.95. The summed E-state index contributed by atoms with van der Waals surface area (Å²) in [5, 5.41) is 0.0669. The van der Waals surface area contributed by atoms with E-state index in [2.05, 4.69) is 4.74 Å². The number of ether oxygens (including phenoxy) is 1. The molecule has 0 heterocycles. The lowest BCUT2D eigenvalue weighted by Crippen LogP contribution is -2.38. The smallest absolute Gasteiger partial charge is 0.310 e. The van der Waals surface area contributed by atoms with Gasteiger partial charge in [-0.2, -0.15) is 0 Å². The molecule has 0 fully saturated rings. The molecule has 122 valence electrons. The number of unbranched alkanes of at least 4 members (excludes halogenated alkanes) is 1. The molecule has 0 aliphatic rings. The zero-order valence-electron chi connectivity index (χ0n) is 13.1. The highest BCUT2D eigenvalue weighted by atomic mass is 35.5. The van der Waals surface area contributed by atoms with Crippen LogP contribution in [0, 0.1) is 11.7 Å². The number of amides is 1. The molecule has 1 unspecified atom stereocenters. The van der Waals surface area contributed by atoms with Gasteiger partial charge in [0.05, 0.1) is 23.6 Å². The Hall–Kier alpha value is -1.62. The Morgan fingerprint density at radius 3 is 2.64 bits per heavy atom. The van der Waals surface area contributed by atoms with Crippen molar-refractivity contribution in [2.24, 2.45) is 5.92 Å². The molecule has 0 N–H and O–H groups in total. The third-order valence-corrected chi connectivity index (χ3v) is 3.66. The predicted molar refractivity (Wildman–Crippen MR) is 83.4 cm³/mol. The van der Waals surface area contributed by atoms with Crippen molar-refractivity contribution in [1.29, 1.82) is 0 Å². The lowest BCUT2D eigenvalue weighted by molar-refractivity contribution is -0.145. The van der Waals surface area contributed by atoms with Crippen molar-refractivity contribution in [3.63, 3.8) is 0 Å². The fourth-order valence-electron chi connectivity index (χ4n) is 2.09. The summed E-state index contributed by atoms with van der Waals surface area (Å²) in [6.07, 6.45) is 1.63. The number of esters is 1. The van der Waals surface area contributed by atoms with Crippen LogP contribution >= 0.6 is 11.6 Å². The van der Waals surface area contributed by atoms with Gasteiger partial charge >= 0.3 is 5.97 Å². The Labute approximate surface area is 135 Å². The molecule has 0 aliphatic heterocycles. The molecule has 0 saturated heterocycles. The summed E-state index contributed by atoms with van der Waals surface area (Å²) < 4.78 is 18.6. The van der Waals surface area contributed by atoms with Crippen LogP contribution in [0.4, 0.5) is 4.39 Å². The Balaban J connectivity index is 3.00. The van der Waals surface area contributed by atoms with Crippen LogP contribution < -0.4 is 0 Å². The molecule has 1 aromatic rings. The number of hydrogen-bond donors (Lipinski definition) is 0. The van der Waals surface area contributed by atoms with Gasteiger partial charge in [-0.3, -0.25) is 9.59 Å². The zero-order chi connectivity index (χ0) is 16.7. The first kappa shape index (κ1) is 18.4. The van der Waals surface area contributed by atoms with E-state index in [-0.39, 0.29) is 17.1 Å². The van der Waals surface area contributed by atoms with Crippen molar-refractivity contribution in [3.05, 3.63) is 34.6 Å². The summed E-state index contributed by atoms with van der Waals surface area (Å²) in [5.74, 6) is -2.07.